The molecule has 0 fully saturated rings. The fourth-order valence-corrected chi connectivity index (χ4v) is 2.45. The third kappa shape index (κ3) is 2.52. The zero-order valence-corrected chi connectivity index (χ0v) is 11.4. The third-order valence-corrected chi connectivity index (χ3v) is 3.37. The number of anilines is 1. The molecule has 0 saturated carbocycles. The quantitative estimate of drug-likeness (QED) is 0.861. The normalized spacial score (nSPS) is 13.6. The molecular formula is C15H17NO4. The van der Waals surface area contributed by atoms with E-state index in [9.17, 15) is 14.7 Å². The summed E-state index contributed by atoms with van der Waals surface area (Å²) in [7, 11) is 0. The summed E-state index contributed by atoms with van der Waals surface area (Å²) in [5.74, 6) is -1.04. The average molecular weight is 275 g/mol. The van der Waals surface area contributed by atoms with E-state index < -0.39 is 12.1 Å². The summed E-state index contributed by atoms with van der Waals surface area (Å²) in [5, 5.41) is 9.31. The number of hydrogen-bond acceptors (Lipinski definition) is 3. The highest BCUT2D eigenvalue weighted by atomic mass is 16.6. The minimum absolute atomic E-state index is 0.110. The van der Waals surface area contributed by atoms with Gasteiger partial charge in [-0.15, -0.1) is 0 Å². The highest BCUT2D eigenvalue weighted by Crippen LogP contribution is 2.33. The van der Waals surface area contributed by atoms with E-state index in [0.29, 0.717) is 12.2 Å². The highest BCUT2D eigenvalue weighted by molar-refractivity contribution is 6.01. The molecule has 1 aliphatic rings. The number of fused-ring (bicyclic) bond motifs is 1. The van der Waals surface area contributed by atoms with Gasteiger partial charge in [0.1, 0.15) is 6.61 Å². The van der Waals surface area contributed by atoms with E-state index in [2.05, 4.69) is 6.58 Å². The lowest BCUT2D eigenvalue weighted by atomic mass is 9.94. The number of carboxylic acids is 1. The first-order chi connectivity index (χ1) is 9.56. The van der Waals surface area contributed by atoms with E-state index in [4.69, 9.17) is 4.74 Å². The number of carbonyl (C=O) groups is 2. The lowest BCUT2D eigenvalue weighted by Gasteiger charge is -2.31. The zero-order chi connectivity index (χ0) is 14.7. The molecule has 0 bridgehead atoms. The van der Waals surface area contributed by atoms with Crippen molar-refractivity contribution in [3.63, 3.8) is 0 Å². The fourth-order valence-electron chi connectivity index (χ4n) is 2.45. The van der Waals surface area contributed by atoms with Crippen LogP contribution in [0.1, 0.15) is 27.9 Å². The van der Waals surface area contributed by atoms with Gasteiger partial charge in [-0.1, -0.05) is 18.7 Å². The summed E-state index contributed by atoms with van der Waals surface area (Å²) in [4.78, 5) is 24.9. The second kappa shape index (κ2) is 5.77. The number of nitrogens with zero attached hydrogens (tertiary/aromatic N) is 1. The van der Waals surface area contributed by atoms with E-state index in [-0.39, 0.29) is 12.2 Å². The van der Waals surface area contributed by atoms with Gasteiger partial charge in [-0.3, -0.25) is 4.90 Å². The number of benzene rings is 1. The minimum Gasteiger partial charge on any atom is -0.478 e. The second-order valence-corrected chi connectivity index (χ2v) is 4.68. The van der Waals surface area contributed by atoms with Crippen LogP contribution < -0.4 is 4.90 Å². The molecule has 0 spiro atoms. The maximum absolute atomic E-state index is 12.1. The second-order valence-electron chi connectivity index (χ2n) is 4.68. The summed E-state index contributed by atoms with van der Waals surface area (Å²) < 4.78 is 5.04. The number of aryl methyl sites for hydroxylation is 1. The molecule has 1 aliphatic heterocycles. The van der Waals surface area contributed by atoms with Crippen molar-refractivity contribution in [2.75, 3.05) is 18.1 Å². The van der Waals surface area contributed by atoms with Crippen molar-refractivity contribution in [3.8, 4) is 0 Å². The Kier molecular flexibility index (Phi) is 4.08. The van der Waals surface area contributed by atoms with Crippen LogP contribution in [0.25, 0.3) is 0 Å². The molecule has 0 unspecified atom stereocenters. The van der Waals surface area contributed by atoms with Gasteiger partial charge in [0.2, 0.25) is 0 Å². The third-order valence-electron chi connectivity index (χ3n) is 3.37. The molecule has 1 N–H and O–H groups in total. The molecule has 1 aromatic carbocycles. The van der Waals surface area contributed by atoms with Crippen LogP contribution in [0.3, 0.4) is 0 Å². The molecule has 5 heteroatoms. The predicted octanol–water partition coefficient (Wildman–Crippen LogP) is 2.77. The van der Waals surface area contributed by atoms with Crippen LogP contribution in [0.5, 0.6) is 0 Å². The fraction of sp³-hybridized carbons (Fsp3) is 0.333. The van der Waals surface area contributed by atoms with Gasteiger partial charge < -0.3 is 9.84 Å². The standard InChI is InChI=1S/C15H17NO4/c1-3-9-20-15(19)16-8-4-5-11-10(2)6-7-12(13(11)16)14(17)18/h3,6-7H,1,4-5,8-9H2,2H3,(H,17,18). The first kappa shape index (κ1) is 14.1. The van der Waals surface area contributed by atoms with Crippen molar-refractivity contribution in [2.45, 2.75) is 19.8 Å². The smallest absolute Gasteiger partial charge is 0.414 e. The van der Waals surface area contributed by atoms with E-state index in [1.807, 2.05) is 6.92 Å². The maximum Gasteiger partial charge on any atom is 0.414 e. The van der Waals surface area contributed by atoms with Gasteiger partial charge in [-0.2, -0.15) is 0 Å². The lowest BCUT2D eigenvalue weighted by Crippen LogP contribution is -2.37. The van der Waals surface area contributed by atoms with Gasteiger partial charge >= 0.3 is 12.1 Å². The largest absolute Gasteiger partial charge is 0.478 e. The zero-order valence-electron chi connectivity index (χ0n) is 11.4. The maximum atomic E-state index is 12.1. The van der Waals surface area contributed by atoms with Crippen LogP contribution in [-0.2, 0) is 11.2 Å². The van der Waals surface area contributed by atoms with Crippen molar-refractivity contribution in [3.05, 3.63) is 41.5 Å². The minimum atomic E-state index is -1.04. The molecule has 0 aromatic heterocycles. The molecule has 1 amide bonds. The number of hydrogen-bond donors (Lipinski definition) is 1. The number of aromatic carboxylic acids is 1. The Morgan fingerprint density at radius 2 is 2.25 bits per heavy atom. The molecule has 0 radical (unpaired) electrons. The van der Waals surface area contributed by atoms with E-state index >= 15 is 0 Å². The number of carboxylic acid groups (broad SMARTS) is 1. The Morgan fingerprint density at radius 1 is 1.50 bits per heavy atom. The van der Waals surface area contributed by atoms with Crippen molar-refractivity contribution in [1.29, 1.82) is 0 Å². The molecule has 1 aromatic rings. The summed E-state index contributed by atoms with van der Waals surface area (Å²) >= 11 is 0. The molecule has 0 atom stereocenters. The van der Waals surface area contributed by atoms with Gasteiger partial charge in [0.05, 0.1) is 11.3 Å². The Balaban J connectivity index is 2.47. The van der Waals surface area contributed by atoms with Crippen molar-refractivity contribution >= 4 is 17.7 Å². The Hall–Kier alpha value is -2.30. The molecule has 0 saturated heterocycles. The van der Waals surface area contributed by atoms with Crippen molar-refractivity contribution < 1.29 is 19.4 Å². The number of ether oxygens (including phenoxy) is 1. The van der Waals surface area contributed by atoms with Crippen LogP contribution in [-0.4, -0.2) is 30.3 Å². The topological polar surface area (TPSA) is 66.8 Å². The van der Waals surface area contributed by atoms with Crippen LogP contribution >= 0.6 is 0 Å². The summed E-state index contributed by atoms with van der Waals surface area (Å²) in [6, 6.07) is 3.32. The first-order valence-electron chi connectivity index (χ1n) is 6.47. The van der Waals surface area contributed by atoms with Crippen LogP contribution in [0, 0.1) is 6.92 Å². The molecule has 106 valence electrons. The van der Waals surface area contributed by atoms with Gasteiger partial charge in [-0.25, -0.2) is 9.59 Å². The van der Waals surface area contributed by atoms with E-state index in [0.717, 1.165) is 24.0 Å². The Morgan fingerprint density at radius 3 is 2.90 bits per heavy atom. The number of amides is 1. The van der Waals surface area contributed by atoms with Crippen molar-refractivity contribution in [2.24, 2.45) is 0 Å². The van der Waals surface area contributed by atoms with Gasteiger partial charge in [0, 0.05) is 6.54 Å². The van der Waals surface area contributed by atoms with E-state index in [1.54, 1.807) is 6.07 Å². The first-order valence-corrected chi connectivity index (χ1v) is 6.47. The van der Waals surface area contributed by atoms with Crippen LogP contribution in [0.4, 0.5) is 10.5 Å². The summed E-state index contributed by atoms with van der Waals surface area (Å²) in [6.45, 7) is 5.99. The molecule has 20 heavy (non-hydrogen) atoms. The van der Waals surface area contributed by atoms with Crippen molar-refractivity contribution in [1.82, 2.24) is 0 Å². The SMILES string of the molecule is C=CCOC(=O)N1CCCc2c(C)ccc(C(=O)O)c21. The monoisotopic (exact) mass is 275 g/mol. The summed E-state index contributed by atoms with van der Waals surface area (Å²) in [5.41, 5.74) is 2.51. The van der Waals surface area contributed by atoms with Gasteiger partial charge in [-0.05, 0) is 37.0 Å². The number of carbonyl (C=O) groups excluding carboxylic acids is 1. The Labute approximate surface area is 117 Å². The van der Waals surface area contributed by atoms with E-state index in [1.165, 1.54) is 17.0 Å². The van der Waals surface area contributed by atoms with Gasteiger partial charge in [0.25, 0.3) is 0 Å². The van der Waals surface area contributed by atoms with Crippen LogP contribution in [0.2, 0.25) is 0 Å². The average Bonchev–Trinajstić information content (AvgIpc) is 2.44. The lowest BCUT2D eigenvalue weighted by molar-refractivity contribution is 0.0697. The molecule has 0 aliphatic carbocycles. The molecular weight excluding hydrogens is 258 g/mol. The molecule has 2 rings (SSSR count). The van der Waals surface area contributed by atoms with Crippen LogP contribution in [0.15, 0.2) is 24.8 Å². The molecule has 5 nitrogen and oxygen atoms in total. The van der Waals surface area contributed by atoms with Gasteiger partial charge in [0.15, 0.2) is 0 Å². The molecule has 1 heterocycles. The predicted molar refractivity (Wildman–Crippen MR) is 75.4 cm³/mol. The highest BCUT2D eigenvalue weighted by Gasteiger charge is 2.29. The number of rotatable bonds is 3. The Bertz CT molecular complexity index is 565. The summed E-state index contributed by atoms with van der Waals surface area (Å²) in [6.07, 6.45) is 2.52.